The fraction of sp³-hybridized carbons (Fsp3) is 0.920. The maximum atomic E-state index is 11.6. The Morgan fingerprint density at radius 3 is 2.54 bits per heavy atom. The molecule has 4 fully saturated rings. The third kappa shape index (κ3) is 2.39. The molecule has 28 heavy (non-hydrogen) atoms. The molecule has 0 aromatic carbocycles. The summed E-state index contributed by atoms with van der Waals surface area (Å²) in [6.07, 6.45) is 12.5. The topological polar surface area (TPSA) is 38.7 Å². The third-order valence-electron chi connectivity index (χ3n) is 10.4. The van der Waals surface area contributed by atoms with Gasteiger partial charge in [-0.3, -0.25) is 0 Å². The van der Waals surface area contributed by atoms with E-state index in [1.54, 1.807) is 5.57 Å². The summed E-state index contributed by atoms with van der Waals surface area (Å²) in [7, 11) is 0. The second kappa shape index (κ2) is 6.31. The van der Waals surface area contributed by atoms with Crippen molar-refractivity contribution in [3.8, 4) is 0 Å². The van der Waals surface area contributed by atoms with E-state index < -0.39 is 5.60 Å². The lowest BCUT2D eigenvalue weighted by Crippen LogP contribution is -2.57. The molecule has 1 N–H and O–H groups in total. The molecule has 158 valence electrons. The smallest absolute Gasteiger partial charge is 0.172 e. The first-order valence-electron chi connectivity index (χ1n) is 12.0. The lowest BCUT2D eigenvalue weighted by atomic mass is 9.44. The summed E-state index contributed by atoms with van der Waals surface area (Å²) in [5, 5.41) is 11.6. The number of hydrogen-bond donors (Lipinski definition) is 1. The van der Waals surface area contributed by atoms with Crippen LogP contribution in [0, 0.1) is 34.5 Å². The van der Waals surface area contributed by atoms with Gasteiger partial charge in [0.2, 0.25) is 0 Å². The van der Waals surface area contributed by atoms with Crippen molar-refractivity contribution in [2.75, 3.05) is 13.2 Å². The van der Waals surface area contributed by atoms with Crippen LogP contribution < -0.4 is 0 Å². The fourth-order valence-electron chi connectivity index (χ4n) is 8.73. The molecule has 0 aromatic rings. The van der Waals surface area contributed by atoms with E-state index in [1.807, 2.05) is 0 Å². The summed E-state index contributed by atoms with van der Waals surface area (Å²) in [5.74, 6) is 2.41. The minimum atomic E-state index is -0.434. The largest absolute Gasteiger partial charge is 0.389 e. The zero-order valence-electron chi connectivity index (χ0n) is 18.4. The second-order valence-corrected chi connectivity index (χ2v) is 11.3. The Kier molecular flexibility index (Phi) is 4.41. The molecule has 1 aliphatic heterocycles. The zero-order chi connectivity index (χ0) is 19.8. The predicted octanol–water partition coefficient (Wildman–Crippen LogP) is 5.47. The molecule has 5 rings (SSSR count). The van der Waals surface area contributed by atoms with Gasteiger partial charge in [-0.15, -0.1) is 0 Å². The molecule has 5 aliphatic rings. The SMILES string of the molecule is CCC[C@]1(O)CC[C@H]2[C@@H]3CC=C4CC5(C[C@H](C)[C@]4(C)[C@H]3CC[C@@]21C)OCCO5. The number of allylic oxidation sites excluding steroid dienone is 1. The summed E-state index contributed by atoms with van der Waals surface area (Å²) in [5.41, 5.74) is 1.56. The number of hydrogen-bond acceptors (Lipinski definition) is 3. The molecule has 3 heteroatoms. The zero-order valence-corrected chi connectivity index (χ0v) is 18.4. The van der Waals surface area contributed by atoms with Gasteiger partial charge in [0.05, 0.1) is 18.8 Å². The Morgan fingerprint density at radius 2 is 1.82 bits per heavy atom. The molecule has 0 radical (unpaired) electrons. The number of ether oxygens (including phenoxy) is 2. The molecule has 3 nitrogen and oxygen atoms in total. The standard InChI is InChI=1S/C25H40O3/c1-5-10-24(26)12-9-20-19-7-6-18-16-25(27-13-14-28-25)15-17(2)23(18,4)21(19)8-11-22(20,24)3/h6,17,19-21,26H,5,7-16H2,1-4H3/t17-,19-,20-,21-,22-,23-,24-/m0/s1. The maximum Gasteiger partial charge on any atom is 0.172 e. The maximum absolute atomic E-state index is 11.6. The van der Waals surface area contributed by atoms with E-state index in [1.165, 1.54) is 25.7 Å². The molecule has 3 saturated carbocycles. The molecule has 4 aliphatic carbocycles. The molecule has 1 saturated heterocycles. The Balaban J connectivity index is 1.47. The Labute approximate surface area is 171 Å². The fourth-order valence-corrected chi connectivity index (χ4v) is 8.73. The predicted molar refractivity (Wildman–Crippen MR) is 111 cm³/mol. The van der Waals surface area contributed by atoms with Crippen molar-refractivity contribution in [3.05, 3.63) is 11.6 Å². The van der Waals surface area contributed by atoms with Crippen molar-refractivity contribution in [1.82, 2.24) is 0 Å². The second-order valence-electron chi connectivity index (χ2n) is 11.3. The molecule has 0 unspecified atom stereocenters. The van der Waals surface area contributed by atoms with Gasteiger partial charge in [-0.05, 0) is 73.0 Å². The van der Waals surface area contributed by atoms with Crippen LogP contribution in [0.2, 0.25) is 0 Å². The lowest BCUT2D eigenvalue weighted by molar-refractivity contribution is -0.202. The first kappa shape index (κ1) is 19.6. The summed E-state index contributed by atoms with van der Waals surface area (Å²) in [6.45, 7) is 11.1. The van der Waals surface area contributed by atoms with Crippen LogP contribution in [0.3, 0.4) is 0 Å². The van der Waals surface area contributed by atoms with Crippen LogP contribution in [-0.4, -0.2) is 29.7 Å². The molecular weight excluding hydrogens is 348 g/mol. The van der Waals surface area contributed by atoms with Crippen LogP contribution >= 0.6 is 0 Å². The van der Waals surface area contributed by atoms with E-state index in [0.29, 0.717) is 11.8 Å². The lowest BCUT2D eigenvalue weighted by Gasteiger charge is -2.61. The number of rotatable bonds is 2. The van der Waals surface area contributed by atoms with E-state index in [4.69, 9.17) is 9.47 Å². The van der Waals surface area contributed by atoms with Crippen molar-refractivity contribution in [2.45, 2.75) is 96.9 Å². The van der Waals surface area contributed by atoms with Gasteiger partial charge >= 0.3 is 0 Å². The van der Waals surface area contributed by atoms with Crippen LogP contribution in [-0.2, 0) is 9.47 Å². The van der Waals surface area contributed by atoms with Crippen molar-refractivity contribution in [1.29, 1.82) is 0 Å². The van der Waals surface area contributed by atoms with E-state index in [0.717, 1.165) is 57.2 Å². The highest BCUT2D eigenvalue weighted by atomic mass is 16.7. The van der Waals surface area contributed by atoms with Gasteiger partial charge in [0.1, 0.15) is 0 Å². The van der Waals surface area contributed by atoms with Gasteiger partial charge in [-0.25, -0.2) is 0 Å². The molecule has 0 aromatic heterocycles. The van der Waals surface area contributed by atoms with Crippen LogP contribution in [0.4, 0.5) is 0 Å². The number of fused-ring (bicyclic) bond motifs is 5. The van der Waals surface area contributed by atoms with Crippen LogP contribution in [0.1, 0.15) is 85.5 Å². The summed E-state index contributed by atoms with van der Waals surface area (Å²) in [6, 6.07) is 0. The third-order valence-corrected chi connectivity index (χ3v) is 10.4. The van der Waals surface area contributed by atoms with Gasteiger partial charge in [0.25, 0.3) is 0 Å². The van der Waals surface area contributed by atoms with Gasteiger partial charge in [0, 0.05) is 12.8 Å². The molecule has 1 spiro atoms. The van der Waals surface area contributed by atoms with Crippen molar-refractivity contribution < 1.29 is 14.6 Å². The monoisotopic (exact) mass is 388 g/mol. The van der Waals surface area contributed by atoms with E-state index in [9.17, 15) is 5.11 Å². The van der Waals surface area contributed by atoms with Crippen molar-refractivity contribution in [2.24, 2.45) is 34.5 Å². The Bertz CT molecular complexity index is 665. The highest BCUT2D eigenvalue weighted by Gasteiger charge is 2.65. The first-order valence-corrected chi connectivity index (χ1v) is 12.0. The molecule has 1 heterocycles. The van der Waals surface area contributed by atoms with Gasteiger partial charge < -0.3 is 14.6 Å². The first-order chi connectivity index (χ1) is 13.3. The minimum absolute atomic E-state index is 0.114. The molecule has 0 bridgehead atoms. The van der Waals surface area contributed by atoms with E-state index >= 15 is 0 Å². The summed E-state index contributed by atoms with van der Waals surface area (Å²) < 4.78 is 12.3. The summed E-state index contributed by atoms with van der Waals surface area (Å²) in [4.78, 5) is 0. The highest BCUT2D eigenvalue weighted by Crippen LogP contribution is 2.69. The normalized spacial score (nSPS) is 52.1. The van der Waals surface area contributed by atoms with Gasteiger partial charge in [0.15, 0.2) is 5.79 Å². The van der Waals surface area contributed by atoms with E-state index in [-0.39, 0.29) is 16.6 Å². The molecule has 7 atom stereocenters. The minimum Gasteiger partial charge on any atom is -0.389 e. The van der Waals surface area contributed by atoms with Gasteiger partial charge in [-0.2, -0.15) is 0 Å². The van der Waals surface area contributed by atoms with Crippen LogP contribution in [0.25, 0.3) is 0 Å². The quantitative estimate of drug-likeness (QED) is 0.638. The number of aliphatic hydroxyl groups is 1. The van der Waals surface area contributed by atoms with E-state index in [2.05, 4.69) is 33.8 Å². The van der Waals surface area contributed by atoms with Crippen molar-refractivity contribution in [3.63, 3.8) is 0 Å². The molecule has 0 amide bonds. The Hall–Kier alpha value is -0.380. The highest BCUT2D eigenvalue weighted by molar-refractivity contribution is 5.28. The van der Waals surface area contributed by atoms with Crippen molar-refractivity contribution >= 4 is 0 Å². The average Bonchev–Trinajstić information content (AvgIpc) is 3.20. The van der Waals surface area contributed by atoms with Crippen LogP contribution in [0.5, 0.6) is 0 Å². The molecular formula is C25H40O3. The van der Waals surface area contributed by atoms with Gasteiger partial charge in [-0.1, -0.05) is 45.8 Å². The Morgan fingerprint density at radius 1 is 1.11 bits per heavy atom. The average molecular weight is 389 g/mol. The summed E-state index contributed by atoms with van der Waals surface area (Å²) >= 11 is 0. The van der Waals surface area contributed by atoms with Crippen LogP contribution in [0.15, 0.2) is 11.6 Å².